The molecule has 3 N–H and O–H groups in total. The van der Waals surface area contributed by atoms with Gasteiger partial charge in [0, 0.05) is 5.56 Å². The third kappa shape index (κ3) is 3.64. The third-order valence-electron chi connectivity index (χ3n) is 4.13. The molecule has 3 rings (SSSR count). The van der Waals surface area contributed by atoms with Crippen molar-refractivity contribution >= 4 is 5.82 Å². The number of nitriles is 2. The molecule has 0 amide bonds. The number of methoxy groups -OCH3 is 1. The maximum atomic E-state index is 12.1. The number of aromatic nitrogens is 1. The fraction of sp³-hybridized carbons (Fsp3) is 0.0952. The van der Waals surface area contributed by atoms with E-state index in [9.17, 15) is 15.3 Å². The van der Waals surface area contributed by atoms with Gasteiger partial charge in [-0.25, -0.2) is 0 Å². The van der Waals surface area contributed by atoms with E-state index in [1.54, 1.807) is 31.4 Å². The molecule has 0 aliphatic heterocycles. The first-order valence-corrected chi connectivity index (χ1v) is 8.29. The number of nitrogens with one attached hydrogen (secondary N) is 1. The van der Waals surface area contributed by atoms with Crippen LogP contribution in [0.1, 0.15) is 16.7 Å². The van der Waals surface area contributed by atoms with Crippen molar-refractivity contribution < 1.29 is 9.47 Å². The number of aromatic amines is 1. The van der Waals surface area contributed by atoms with Crippen molar-refractivity contribution in [3.05, 3.63) is 75.6 Å². The van der Waals surface area contributed by atoms with Gasteiger partial charge in [0.25, 0.3) is 5.56 Å². The van der Waals surface area contributed by atoms with Crippen LogP contribution in [-0.4, -0.2) is 12.1 Å². The number of nitrogen functional groups attached to an aromatic ring is 1. The first-order chi connectivity index (χ1) is 13.6. The number of hydrogen-bond acceptors (Lipinski definition) is 6. The zero-order valence-corrected chi connectivity index (χ0v) is 15.0. The van der Waals surface area contributed by atoms with Crippen molar-refractivity contribution in [1.82, 2.24) is 4.98 Å². The summed E-state index contributed by atoms with van der Waals surface area (Å²) in [5.41, 5.74) is 6.60. The Labute approximate surface area is 161 Å². The molecule has 1 heterocycles. The Hall–Kier alpha value is -4.23. The predicted octanol–water partition coefficient (Wildman–Crippen LogP) is 2.96. The number of ether oxygens (including phenoxy) is 2. The van der Waals surface area contributed by atoms with E-state index >= 15 is 0 Å². The summed E-state index contributed by atoms with van der Waals surface area (Å²) >= 11 is 0. The zero-order valence-electron chi connectivity index (χ0n) is 15.0. The molecule has 1 aromatic heterocycles. The number of H-pyrrole nitrogens is 1. The average Bonchev–Trinajstić information content (AvgIpc) is 2.72. The summed E-state index contributed by atoms with van der Waals surface area (Å²) in [5, 5.41) is 18.8. The Morgan fingerprint density at radius 1 is 1.04 bits per heavy atom. The van der Waals surface area contributed by atoms with Crippen LogP contribution in [0.4, 0.5) is 5.82 Å². The topological polar surface area (TPSA) is 125 Å². The summed E-state index contributed by atoms with van der Waals surface area (Å²) in [6.07, 6.45) is 0. The quantitative estimate of drug-likeness (QED) is 0.709. The number of nitrogens with two attached hydrogens (primary N) is 1. The standard InChI is InChI=1S/C21H16N4O3/c1-27-15-6-2-4-13(8-15)12-28-16-7-3-5-14(9-16)19-17(10-22)20(24)25-21(26)18(19)11-23/h2-9H,12H2,1H3,(H3,24,25,26). The second kappa shape index (κ2) is 7.98. The molecule has 0 saturated heterocycles. The molecular weight excluding hydrogens is 356 g/mol. The number of rotatable bonds is 5. The molecular formula is C21H16N4O3. The number of benzene rings is 2. The zero-order chi connectivity index (χ0) is 20.1. The van der Waals surface area contributed by atoms with Crippen LogP contribution >= 0.6 is 0 Å². The van der Waals surface area contributed by atoms with Gasteiger partial charge in [0.15, 0.2) is 0 Å². The van der Waals surface area contributed by atoms with Crippen LogP contribution in [0.3, 0.4) is 0 Å². The van der Waals surface area contributed by atoms with Crippen LogP contribution in [-0.2, 0) is 6.61 Å². The predicted molar refractivity (Wildman–Crippen MR) is 104 cm³/mol. The Morgan fingerprint density at radius 3 is 2.46 bits per heavy atom. The molecule has 0 unspecified atom stereocenters. The molecule has 138 valence electrons. The Morgan fingerprint density at radius 2 is 1.75 bits per heavy atom. The molecule has 0 atom stereocenters. The third-order valence-corrected chi connectivity index (χ3v) is 4.13. The van der Waals surface area contributed by atoms with E-state index in [4.69, 9.17) is 15.2 Å². The first kappa shape index (κ1) is 18.6. The molecule has 0 aliphatic carbocycles. The first-order valence-electron chi connectivity index (χ1n) is 8.29. The Bertz CT molecular complexity index is 1170. The highest BCUT2D eigenvalue weighted by Crippen LogP contribution is 2.30. The van der Waals surface area contributed by atoms with E-state index in [0.29, 0.717) is 17.9 Å². The van der Waals surface area contributed by atoms with Gasteiger partial charge in [0.1, 0.15) is 47.2 Å². The van der Waals surface area contributed by atoms with Crippen LogP contribution < -0.4 is 20.8 Å². The van der Waals surface area contributed by atoms with Gasteiger partial charge < -0.3 is 20.2 Å². The van der Waals surface area contributed by atoms with Crippen LogP contribution in [0.25, 0.3) is 11.1 Å². The lowest BCUT2D eigenvalue weighted by Crippen LogP contribution is -2.16. The SMILES string of the molecule is COc1cccc(COc2cccc(-c3c(C#N)c(N)[nH]c(=O)c3C#N)c2)c1. The average molecular weight is 372 g/mol. The van der Waals surface area contributed by atoms with E-state index in [2.05, 4.69) is 4.98 Å². The minimum absolute atomic E-state index is 0.0427. The molecule has 0 saturated carbocycles. The summed E-state index contributed by atoms with van der Waals surface area (Å²) in [5.74, 6) is 1.17. The lowest BCUT2D eigenvalue weighted by Gasteiger charge is -2.11. The van der Waals surface area contributed by atoms with Crippen molar-refractivity contribution in [1.29, 1.82) is 10.5 Å². The molecule has 0 aliphatic rings. The Balaban J connectivity index is 1.98. The summed E-state index contributed by atoms with van der Waals surface area (Å²) < 4.78 is 11.0. The summed E-state index contributed by atoms with van der Waals surface area (Å²) in [6, 6.07) is 18.1. The number of anilines is 1. The second-order valence-corrected chi connectivity index (χ2v) is 5.88. The van der Waals surface area contributed by atoms with E-state index in [-0.39, 0.29) is 22.5 Å². The summed E-state index contributed by atoms with van der Waals surface area (Å²) in [7, 11) is 1.59. The molecule has 28 heavy (non-hydrogen) atoms. The van der Waals surface area contributed by atoms with Gasteiger partial charge in [0.2, 0.25) is 0 Å². The highest BCUT2D eigenvalue weighted by molar-refractivity contribution is 5.80. The molecule has 2 aromatic carbocycles. The smallest absolute Gasteiger partial charge is 0.268 e. The minimum atomic E-state index is -0.642. The van der Waals surface area contributed by atoms with Crippen LogP contribution in [0.2, 0.25) is 0 Å². The van der Waals surface area contributed by atoms with Crippen LogP contribution in [0.15, 0.2) is 53.3 Å². The van der Waals surface area contributed by atoms with E-state index in [1.165, 1.54) is 0 Å². The highest BCUT2D eigenvalue weighted by Gasteiger charge is 2.18. The monoisotopic (exact) mass is 372 g/mol. The van der Waals surface area contributed by atoms with Crippen molar-refractivity contribution in [2.75, 3.05) is 12.8 Å². The van der Waals surface area contributed by atoms with E-state index < -0.39 is 5.56 Å². The minimum Gasteiger partial charge on any atom is -0.497 e. The number of hydrogen-bond donors (Lipinski definition) is 2. The highest BCUT2D eigenvalue weighted by atomic mass is 16.5. The fourth-order valence-corrected chi connectivity index (χ4v) is 2.80. The van der Waals surface area contributed by atoms with Gasteiger partial charge in [-0.3, -0.25) is 4.79 Å². The molecule has 7 heteroatoms. The van der Waals surface area contributed by atoms with Crippen molar-refractivity contribution in [2.24, 2.45) is 0 Å². The molecule has 7 nitrogen and oxygen atoms in total. The van der Waals surface area contributed by atoms with Gasteiger partial charge in [-0.1, -0.05) is 24.3 Å². The molecule has 0 fully saturated rings. The lowest BCUT2D eigenvalue weighted by molar-refractivity contribution is 0.305. The largest absolute Gasteiger partial charge is 0.497 e. The van der Waals surface area contributed by atoms with Crippen molar-refractivity contribution in [2.45, 2.75) is 6.61 Å². The number of nitrogens with zero attached hydrogens (tertiary/aromatic N) is 2. The molecule has 0 bridgehead atoms. The molecule has 0 spiro atoms. The Kier molecular flexibility index (Phi) is 5.29. The molecule has 3 aromatic rings. The van der Waals surface area contributed by atoms with E-state index in [1.807, 2.05) is 36.4 Å². The van der Waals surface area contributed by atoms with Crippen molar-refractivity contribution in [3.8, 4) is 34.8 Å². The van der Waals surface area contributed by atoms with Crippen LogP contribution in [0, 0.1) is 22.7 Å². The fourth-order valence-electron chi connectivity index (χ4n) is 2.80. The van der Waals surface area contributed by atoms with Crippen molar-refractivity contribution in [3.63, 3.8) is 0 Å². The second-order valence-electron chi connectivity index (χ2n) is 5.88. The maximum Gasteiger partial charge on any atom is 0.268 e. The lowest BCUT2D eigenvalue weighted by atomic mass is 9.96. The molecule has 0 radical (unpaired) electrons. The van der Waals surface area contributed by atoms with Gasteiger partial charge >= 0.3 is 0 Å². The van der Waals surface area contributed by atoms with Gasteiger partial charge in [-0.15, -0.1) is 0 Å². The van der Waals surface area contributed by atoms with Crippen LogP contribution in [0.5, 0.6) is 11.5 Å². The number of pyridine rings is 1. The van der Waals surface area contributed by atoms with E-state index in [0.717, 1.165) is 11.3 Å². The van der Waals surface area contributed by atoms with Gasteiger partial charge in [0.05, 0.1) is 7.11 Å². The maximum absolute atomic E-state index is 12.1. The van der Waals surface area contributed by atoms with Gasteiger partial charge in [-0.2, -0.15) is 10.5 Å². The summed E-state index contributed by atoms with van der Waals surface area (Å²) in [6.45, 7) is 0.300. The van der Waals surface area contributed by atoms with Gasteiger partial charge in [-0.05, 0) is 35.4 Å². The summed E-state index contributed by atoms with van der Waals surface area (Å²) in [4.78, 5) is 14.4. The normalized spacial score (nSPS) is 9.96.